The van der Waals surface area contributed by atoms with Gasteiger partial charge in [0.25, 0.3) is 5.56 Å². The number of hydrogen-bond acceptors (Lipinski definition) is 3. The maximum Gasteiger partial charge on any atom is 0.254 e. The van der Waals surface area contributed by atoms with Gasteiger partial charge >= 0.3 is 0 Å². The number of carbonyl (C=O) groups excluding carboxylic acids is 1. The zero-order valence-corrected chi connectivity index (χ0v) is 16.5. The number of aromatic nitrogens is 2. The molecule has 0 aliphatic carbocycles. The molecule has 0 aliphatic heterocycles. The Morgan fingerprint density at radius 1 is 1.11 bits per heavy atom. The summed E-state index contributed by atoms with van der Waals surface area (Å²) in [5, 5.41) is 0.621. The van der Waals surface area contributed by atoms with E-state index in [0.717, 1.165) is 24.1 Å². The molecule has 3 rings (SSSR count). The summed E-state index contributed by atoms with van der Waals surface area (Å²) >= 11 is 5.90. The molecule has 0 N–H and O–H groups in total. The number of amides is 1. The Morgan fingerprint density at radius 3 is 2.46 bits per heavy atom. The smallest absolute Gasteiger partial charge is 0.254 e. The monoisotopic (exact) mass is 395 g/mol. The predicted molar refractivity (Wildman–Crippen MR) is 113 cm³/mol. The van der Waals surface area contributed by atoms with Crippen LogP contribution in [0.5, 0.6) is 0 Å². The van der Waals surface area contributed by atoms with Crippen molar-refractivity contribution < 1.29 is 4.79 Å². The third-order valence-electron chi connectivity index (χ3n) is 4.43. The van der Waals surface area contributed by atoms with E-state index in [1.807, 2.05) is 42.5 Å². The Balaban J connectivity index is 1.80. The van der Waals surface area contributed by atoms with Crippen LogP contribution in [0.15, 0.2) is 71.8 Å². The molecule has 0 spiro atoms. The highest BCUT2D eigenvalue weighted by molar-refractivity contribution is 6.30. The summed E-state index contributed by atoms with van der Waals surface area (Å²) in [6.45, 7) is 2.65. The number of benzene rings is 2. The van der Waals surface area contributed by atoms with Crippen molar-refractivity contribution in [1.82, 2.24) is 9.55 Å². The van der Waals surface area contributed by atoms with Crippen LogP contribution in [-0.2, 0) is 11.3 Å². The van der Waals surface area contributed by atoms with Crippen LogP contribution < -0.4 is 10.5 Å². The average molecular weight is 396 g/mol. The highest BCUT2D eigenvalue weighted by atomic mass is 35.5. The molecule has 1 aromatic heterocycles. The second-order valence-electron chi connectivity index (χ2n) is 6.48. The molecule has 0 fully saturated rings. The van der Waals surface area contributed by atoms with Crippen molar-refractivity contribution in [2.24, 2.45) is 0 Å². The second kappa shape index (κ2) is 9.33. The van der Waals surface area contributed by atoms with E-state index >= 15 is 0 Å². The summed E-state index contributed by atoms with van der Waals surface area (Å²) in [5.74, 6) is -0.136. The van der Waals surface area contributed by atoms with Crippen molar-refractivity contribution in [3.8, 4) is 11.3 Å². The fourth-order valence-electron chi connectivity index (χ4n) is 2.88. The van der Waals surface area contributed by atoms with Crippen LogP contribution in [-0.4, -0.2) is 22.0 Å². The molecular formula is C22H22ClN3O2. The number of para-hydroxylation sites is 1. The van der Waals surface area contributed by atoms with Crippen LogP contribution in [0.25, 0.3) is 11.3 Å². The number of anilines is 1. The normalized spacial score (nSPS) is 10.6. The Bertz CT molecular complexity index is 985. The van der Waals surface area contributed by atoms with Gasteiger partial charge in [0.1, 0.15) is 6.54 Å². The minimum atomic E-state index is -0.267. The first kappa shape index (κ1) is 19.8. The summed E-state index contributed by atoms with van der Waals surface area (Å²) < 4.78 is 1.34. The summed E-state index contributed by atoms with van der Waals surface area (Å²) in [4.78, 5) is 31.5. The number of hydrogen-bond donors (Lipinski definition) is 0. The molecule has 0 atom stereocenters. The van der Waals surface area contributed by atoms with E-state index in [0.29, 0.717) is 17.3 Å². The van der Waals surface area contributed by atoms with Crippen LogP contribution in [0.3, 0.4) is 0 Å². The van der Waals surface area contributed by atoms with Gasteiger partial charge in [-0.2, -0.15) is 0 Å². The van der Waals surface area contributed by atoms with E-state index in [-0.39, 0.29) is 18.0 Å². The van der Waals surface area contributed by atoms with E-state index < -0.39 is 0 Å². The molecular weight excluding hydrogens is 374 g/mol. The lowest BCUT2D eigenvalue weighted by molar-refractivity contribution is -0.119. The van der Waals surface area contributed by atoms with Gasteiger partial charge in [-0.05, 0) is 30.7 Å². The molecule has 0 aliphatic rings. The molecule has 0 saturated carbocycles. The fraction of sp³-hybridized carbons (Fsp3) is 0.227. The van der Waals surface area contributed by atoms with E-state index in [1.165, 1.54) is 17.0 Å². The molecule has 1 heterocycles. The predicted octanol–water partition coefficient (Wildman–Crippen LogP) is 4.40. The minimum absolute atomic E-state index is 0.0503. The summed E-state index contributed by atoms with van der Waals surface area (Å²) in [5.41, 5.74) is 1.92. The molecule has 3 aromatic rings. The molecule has 0 bridgehead atoms. The second-order valence-corrected chi connectivity index (χ2v) is 6.92. The number of unbranched alkanes of at least 4 members (excludes halogenated alkanes) is 1. The molecule has 2 aromatic carbocycles. The van der Waals surface area contributed by atoms with Gasteiger partial charge in [-0.3, -0.25) is 14.2 Å². The molecule has 144 valence electrons. The first-order valence-corrected chi connectivity index (χ1v) is 9.64. The van der Waals surface area contributed by atoms with Gasteiger partial charge in [0.15, 0.2) is 0 Å². The zero-order chi connectivity index (χ0) is 19.9. The fourth-order valence-corrected chi connectivity index (χ4v) is 3.00. The van der Waals surface area contributed by atoms with E-state index in [1.54, 1.807) is 17.0 Å². The first-order valence-electron chi connectivity index (χ1n) is 9.26. The maximum absolute atomic E-state index is 12.9. The standard InChI is InChI=1S/C22H22ClN3O2/c1-2-3-13-26(19-7-5-4-6-8-19)22(28)15-25-16-24-20(14-21(25)27)17-9-11-18(23)12-10-17/h4-12,14,16H,2-3,13,15H2,1H3. The lowest BCUT2D eigenvalue weighted by Gasteiger charge is -2.23. The zero-order valence-electron chi connectivity index (χ0n) is 15.7. The molecule has 1 amide bonds. The SMILES string of the molecule is CCCCN(C(=O)Cn1cnc(-c2ccc(Cl)cc2)cc1=O)c1ccccc1. The highest BCUT2D eigenvalue weighted by Gasteiger charge is 2.16. The van der Waals surface area contributed by atoms with E-state index in [2.05, 4.69) is 11.9 Å². The van der Waals surface area contributed by atoms with E-state index in [9.17, 15) is 9.59 Å². The number of halogens is 1. The molecule has 0 saturated heterocycles. The Morgan fingerprint density at radius 2 is 1.82 bits per heavy atom. The van der Waals surface area contributed by atoms with Crippen LogP contribution in [0, 0.1) is 0 Å². The number of rotatable bonds is 7. The van der Waals surface area contributed by atoms with Gasteiger partial charge in [-0.25, -0.2) is 4.98 Å². The third kappa shape index (κ3) is 4.87. The van der Waals surface area contributed by atoms with Gasteiger partial charge in [-0.1, -0.05) is 55.3 Å². The van der Waals surface area contributed by atoms with Crippen molar-refractivity contribution in [3.63, 3.8) is 0 Å². The van der Waals surface area contributed by atoms with Gasteiger partial charge in [0.05, 0.1) is 12.0 Å². The molecule has 5 nitrogen and oxygen atoms in total. The summed E-state index contributed by atoms with van der Waals surface area (Å²) in [7, 11) is 0. The third-order valence-corrected chi connectivity index (χ3v) is 4.68. The van der Waals surface area contributed by atoms with Gasteiger partial charge in [-0.15, -0.1) is 0 Å². The van der Waals surface area contributed by atoms with E-state index in [4.69, 9.17) is 11.6 Å². The quantitative estimate of drug-likeness (QED) is 0.595. The van der Waals surface area contributed by atoms with Gasteiger partial charge in [0, 0.05) is 28.9 Å². The maximum atomic E-state index is 12.9. The first-order chi connectivity index (χ1) is 13.6. The van der Waals surface area contributed by atoms with Crippen LogP contribution in [0.2, 0.25) is 5.02 Å². The summed E-state index contributed by atoms with van der Waals surface area (Å²) in [6.07, 6.45) is 3.30. The summed E-state index contributed by atoms with van der Waals surface area (Å²) in [6, 6.07) is 18.1. The lowest BCUT2D eigenvalue weighted by atomic mass is 10.1. The van der Waals surface area contributed by atoms with Crippen molar-refractivity contribution in [2.45, 2.75) is 26.3 Å². The molecule has 28 heavy (non-hydrogen) atoms. The largest absolute Gasteiger partial charge is 0.311 e. The lowest BCUT2D eigenvalue weighted by Crippen LogP contribution is -2.37. The van der Waals surface area contributed by atoms with Crippen LogP contribution in [0.4, 0.5) is 5.69 Å². The van der Waals surface area contributed by atoms with Crippen molar-refractivity contribution in [2.75, 3.05) is 11.4 Å². The number of nitrogens with zero attached hydrogens (tertiary/aromatic N) is 3. The van der Waals surface area contributed by atoms with Crippen molar-refractivity contribution in [3.05, 3.63) is 82.4 Å². The van der Waals surface area contributed by atoms with Crippen molar-refractivity contribution >= 4 is 23.2 Å². The minimum Gasteiger partial charge on any atom is -0.311 e. The number of carbonyl (C=O) groups is 1. The molecule has 6 heteroatoms. The van der Waals surface area contributed by atoms with Gasteiger partial charge < -0.3 is 4.90 Å². The van der Waals surface area contributed by atoms with Crippen LogP contribution in [0.1, 0.15) is 19.8 Å². The Labute approximate surface area is 169 Å². The Kier molecular flexibility index (Phi) is 6.61. The molecule has 0 radical (unpaired) electrons. The highest BCUT2D eigenvalue weighted by Crippen LogP contribution is 2.18. The van der Waals surface area contributed by atoms with Crippen LogP contribution >= 0.6 is 11.6 Å². The van der Waals surface area contributed by atoms with Crippen molar-refractivity contribution in [1.29, 1.82) is 0 Å². The average Bonchev–Trinajstić information content (AvgIpc) is 2.71. The Hall–Kier alpha value is -2.92. The molecule has 0 unspecified atom stereocenters. The van der Waals surface area contributed by atoms with Gasteiger partial charge in [0.2, 0.25) is 5.91 Å². The topological polar surface area (TPSA) is 55.2 Å².